The molecule has 2 rings (SSSR count). The number of alkyl halides is 2. The van der Waals surface area contributed by atoms with Crippen molar-refractivity contribution >= 4 is 0 Å². The Morgan fingerprint density at radius 2 is 2.17 bits per heavy atom. The second-order valence-electron chi connectivity index (χ2n) is 4.70. The minimum absolute atomic E-state index is 0.332. The molecule has 2 aromatic rings. The van der Waals surface area contributed by atoms with Crippen LogP contribution in [0, 0.1) is 0 Å². The van der Waals surface area contributed by atoms with E-state index < -0.39 is 11.7 Å². The number of halogens is 2. The molecule has 0 saturated carbocycles. The third-order valence-corrected chi connectivity index (χ3v) is 2.58. The maximum Gasteiger partial charge on any atom is 0.304 e. The molecular formula is C12H15F2N3O. The van der Waals surface area contributed by atoms with E-state index in [1.165, 1.54) is 6.07 Å². The maximum absolute atomic E-state index is 13.0. The third kappa shape index (κ3) is 2.75. The van der Waals surface area contributed by atoms with E-state index in [4.69, 9.17) is 0 Å². The van der Waals surface area contributed by atoms with Gasteiger partial charge in [-0.15, -0.1) is 0 Å². The van der Waals surface area contributed by atoms with Gasteiger partial charge in [0.1, 0.15) is 5.69 Å². The van der Waals surface area contributed by atoms with E-state index in [0.29, 0.717) is 18.2 Å². The molecule has 0 N–H and O–H groups in total. The zero-order valence-corrected chi connectivity index (χ0v) is 10.5. The van der Waals surface area contributed by atoms with Crippen molar-refractivity contribution in [1.82, 2.24) is 14.7 Å². The van der Waals surface area contributed by atoms with E-state index in [2.05, 4.69) is 14.7 Å². The Kier molecular flexibility index (Phi) is 3.19. The van der Waals surface area contributed by atoms with Crippen LogP contribution in [0.2, 0.25) is 0 Å². The van der Waals surface area contributed by atoms with Gasteiger partial charge >= 0.3 is 5.92 Å². The lowest BCUT2D eigenvalue weighted by atomic mass is 10.2. The lowest BCUT2D eigenvalue weighted by molar-refractivity contribution is -0.0105. The maximum atomic E-state index is 13.0. The number of hydrogen-bond acceptors (Lipinski definition) is 3. The zero-order valence-electron chi connectivity index (χ0n) is 10.5. The Balaban J connectivity index is 2.11. The standard InChI is InChI=1S/C12H15F2N3O/c1-8(2)10-6-17(7-15-10)5-9-4-11(18-16-9)12(3,13)14/h4,6-8H,5H2,1-3H3. The molecule has 0 spiro atoms. The molecule has 2 heterocycles. The molecule has 0 aliphatic heterocycles. The van der Waals surface area contributed by atoms with Crippen LogP contribution in [0.25, 0.3) is 0 Å². The first-order valence-corrected chi connectivity index (χ1v) is 5.72. The molecule has 0 atom stereocenters. The summed E-state index contributed by atoms with van der Waals surface area (Å²) in [4.78, 5) is 4.22. The first kappa shape index (κ1) is 12.7. The Bertz CT molecular complexity index is 525. The van der Waals surface area contributed by atoms with Crippen molar-refractivity contribution < 1.29 is 13.3 Å². The van der Waals surface area contributed by atoms with Gasteiger partial charge < -0.3 is 9.09 Å². The van der Waals surface area contributed by atoms with Crippen molar-refractivity contribution in [3.05, 3.63) is 35.7 Å². The Morgan fingerprint density at radius 1 is 1.44 bits per heavy atom. The molecule has 98 valence electrons. The highest BCUT2D eigenvalue weighted by Crippen LogP contribution is 2.27. The highest BCUT2D eigenvalue weighted by molar-refractivity contribution is 5.11. The molecule has 4 nitrogen and oxygen atoms in total. The summed E-state index contributed by atoms with van der Waals surface area (Å²) >= 11 is 0. The van der Waals surface area contributed by atoms with Gasteiger partial charge in [-0.2, -0.15) is 8.78 Å². The normalized spacial score (nSPS) is 12.3. The molecular weight excluding hydrogens is 240 g/mol. The molecule has 0 amide bonds. The van der Waals surface area contributed by atoms with Crippen LogP contribution in [0.1, 0.15) is 43.8 Å². The third-order valence-electron chi connectivity index (χ3n) is 2.58. The van der Waals surface area contributed by atoms with Gasteiger partial charge in [0.2, 0.25) is 5.76 Å². The second kappa shape index (κ2) is 4.51. The van der Waals surface area contributed by atoms with Gasteiger partial charge in [0.15, 0.2) is 0 Å². The molecule has 0 aliphatic carbocycles. The predicted molar refractivity (Wildman–Crippen MR) is 61.5 cm³/mol. The summed E-state index contributed by atoms with van der Waals surface area (Å²) < 4.78 is 32.3. The van der Waals surface area contributed by atoms with Crippen molar-refractivity contribution in [1.29, 1.82) is 0 Å². The van der Waals surface area contributed by atoms with Gasteiger partial charge in [-0.3, -0.25) is 0 Å². The first-order chi connectivity index (χ1) is 8.36. The number of rotatable bonds is 4. The van der Waals surface area contributed by atoms with Crippen LogP contribution in [0.3, 0.4) is 0 Å². The zero-order chi connectivity index (χ0) is 13.3. The van der Waals surface area contributed by atoms with Crippen molar-refractivity contribution in [3.8, 4) is 0 Å². The smallest absolute Gasteiger partial charge is 0.304 e. The van der Waals surface area contributed by atoms with E-state index in [1.54, 1.807) is 10.9 Å². The van der Waals surface area contributed by atoms with Crippen LogP contribution in [0.4, 0.5) is 8.78 Å². The summed E-state index contributed by atoms with van der Waals surface area (Å²) in [5.41, 5.74) is 1.42. The van der Waals surface area contributed by atoms with Gasteiger partial charge in [0, 0.05) is 19.2 Å². The fraction of sp³-hybridized carbons (Fsp3) is 0.500. The fourth-order valence-electron chi connectivity index (χ4n) is 1.54. The van der Waals surface area contributed by atoms with Gasteiger partial charge in [0.25, 0.3) is 0 Å². The van der Waals surface area contributed by atoms with E-state index in [9.17, 15) is 8.78 Å². The van der Waals surface area contributed by atoms with Crippen molar-refractivity contribution in [3.63, 3.8) is 0 Å². The van der Waals surface area contributed by atoms with Crippen LogP contribution < -0.4 is 0 Å². The SMILES string of the molecule is CC(C)c1cn(Cc2cc(C(C)(F)F)on2)cn1. The van der Waals surface area contributed by atoms with Crippen molar-refractivity contribution in [2.75, 3.05) is 0 Å². The van der Waals surface area contributed by atoms with Crippen LogP contribution in [0.5, 0.6) is 0 Å². The molecule has 0 bridgehead atoms. The molecule has 0 saturated heterocycles. The quantitative estimate of drug-likeness (QED) is 0.842. The van der Waals surface area contributed by atoms with Gasteiger partial charge in [-0.25, -0.2) is 4.98 Å². The Morgan fingerprint density at radius 3 is 2.67 bits per heavy atom. The van der Waals surface area contributed by atoms with Crippen LogP contribution in [0.15, 0.2) is 23.1 Å². The van der Waals surface area contributed by atoms with E-state index >= 15 is 0 Å². The summed E-state index contributed by atoms with van der Waals surface area (Å²) in [6, 6.07) is 1.27. The second-order valence-corrected chi connectivity index (χ2v) is 4.70. The number of nitrogens with zero attached hydrogens (tertiary/aromatic N) is 3. The fourth-order valence-corrected chi connectivity index (χ4v) is 1.54. The van der Waals surface area contributed by atoms with Crippen LogP contribution >= 0.6 is 0 Å². The van der Waals surface area contributed by atoms with Gasteiger partial charge in [-0.05, 0) is 5.92 Å². The molecule has 0 aliphatic rings. The minimum Gasteiger partial charge on any atom is -0.355 e. The molecule has 2 aromatic heterocycles. The van der Waals surface area contributed by atoms with Crippen molar-refractivity contribution in [2.45, 2.75) is 39.2 Å². The number of imidazole rings is 1. The number of hydrogen-bond donors (Lipinski definition) is 0. The average Bonchev–Trinajstić information content (AvgIpc) is 2.85. The topological polar surface area (TPSA) is 43.9 Å². The number of aromatic nitrogens is 3. The van der Waals surface area contributed by atoms with Crippen LogP contribution in [-0.2, 0) is 12.5 Å². The molecule has 6 heteroatoms. The lowest BCUT2D eigenvalue weighted by Crippen LogP contribution is -2.04. The minimum atomic E-state index is -3.00. The molecule has 18 heavy (non-hydrogen) atoms. The summed E-state index contributed by atoms with van der Waals surface area (Å²) in [5, 5.41) is 3.63. The highest BCUT2D eigenvalue weighted by Gasteiger charge is 2.29. The molecule has 0 fully saturated rings. The predicted octanol–water partition coefficient (Wildman–Crippen LogP) is 3.15. The van der Waals surface area contributed by atoms with Crippen LogP contribution in [-0.4, -0.2) is 14.7 Å². The molecule has 0 aromatic carbocycles. The van der Waals surface area contributed by atoms with E-state index in [0.717, 1.165) is 12.6 Å². The van der Waals surface area contributed by atoms with Crippen molar-refractivity contribution in [2.24, 2.45) is 0 Å². The summed E-state index contributed by atoms with van der Waals surface area (Å²) in [7, 11) is 0. The molecule has 0 unspecified atom stereocenters. The first-order valence-electron chi connectivity index (χ1n) is 5.72. The van der Waals surface area contributed by atoms with E-state index in [1.807, 2.05) is 20.0 Å². The largest absolute Gasteiger partial charge is 0.355 e. The summed E-state index contributed by atoms with van der Waals surface area (Å²) in [6.07, 6.45) is 3.54. The monoisotopic (exact) mass is 255 g/mol. The average molecular weight is 255 g/mol. The van der Waals surface area contributed by atoms with E-state index in [-0.39, 0.29) is 0 Å². The Hall–Kier alpha value is -1.72. The lowest BCUT2D eigenvalue weighted by Gasteiger charge is -2.02. The highest BCUT2D eigenvalue weighted by atomic mass is 19.3. The summed E-state index contributed by atoms with van der Waals surface area (Å²) in [6.45, 7) is 5.24. The molecule has 0 radical (unpaired) electrons. The van der Waals surface area contributed by atoms with Gasteiger partial charge in [-0.1, -0.05) is 19.0 Å². The summed E-state index contributed by atoms with van der Waals surface area (Å²) in [5.74, 6) is -3.08. The van der Waals surface area contributed by atoms with Gasteiger partial charge in [0.05, 0.1) is 18.6 Å². The Labute approximate surface area is 104 Å².